The number of benzene rings is 2. The van der Waals surface area contributed by atoms with Crippen molar-refractivity contribution >= 4 is 39.3 Å². The molecular formula is C21H21N3O3S3. The minimum atomic E-state index is -3.83. The number of hydrogen-bond donors (Lipinski definition) is 1. The van der Waals surface area contributed by atoms with E-state index in [-0.39, 0.29) is 11.5 Å². The van der Waals surface area contributed by atoms with Crippen LogP contribution in [0.2, 0.25) is 0 Å². The summed E-state index contributed by atoms with van der Waals surface area (Å²) in [6, 6.07) is 18.6. The lowest BCUT2D eigenvalue weighted by atomic mass is 10.2. The summed E-state index contributed by atoms with van der Waals surface area (Å²) in [5.41, 5.74) is 2.40. The van der Waals surface area contributed by atoms with Gasteiger partial charge in [0.25, 0.3) is 5.91 Å². The predicted octanol–water partition coefficient (Wildman–Crippen LogP) is 3.11. The maximum atomic E-state index is 12.7. The molecule has 0 heterocycles. The molecule has 156 valence electrons. The molecule has 0 aliphatic heterocycles. The van der Waals surface area contributed by atoms with Crippen molar-refractivity contribution in [2.45, 2.75) is 16.3 Å². The van der Waals surface area contributed by atoms with Crippen molar-refractivity contribution < 1.29 is 13.2 Å². The van der Waals surface area contributed by atoms with E-state index in [0.717, 1.165) is 17.4 Å². The van der Waals surface area contributed by atoms with Crippen molar-refractivity contribution in [3.63, 3.8) is 0 Å². The summed E-state index contributed by atoms with van der Waals surface area (Å²) in [6.07, 6.45) is 2.59. The molecule has 0 saturated carbocycles. The largest absolute Gasteiger partial charge is 0.272 e. The quantitative estimate of drug-likeness (QED) is 0.429. The van der Waals surface area contributed by atoms with Gasteiger partial charge in [0.05, 0.1) is 11.6 Å². The molecule has 0 saturated heterocycles. The molecule has 0 aliphatic carbocycles. The van der Waals surface area contributed by atoms with Gasteiger partial charge in [-0.2, -0.15) is 34.0 Å². The summed E-state index contributed by atoms with van der Waals surface area (Å²) in [7, 11) is -3.83. The molecule has 1 N–H and O–H groups in total. The first kappa shape index (κ1) is 23.8. The van der Waals surface area contributed by atoms with Gasteiger partial charge in [-0.25, -0.2) is 8.42 Å². The summed E-state index contributed by atoms with van der Waals surface area (Å²) in [5, 5.41) is 20.0. The Kier molecular flexibility index (Phi) is 8.79. The summed E-state index contributed by atoms with van der Waals surface area (Å²) >= 11 is 2.63. The Morgan fingerprint density at radius 1 is 1.00 bits per heavy atom. The van der Waals surface area contributed by atoms with Crippen molar-refractivity contribution in [3.8, 4) is 12.3 Å². The van der Waals surface area contributed by atoms with Gasteiger partial charge in [-0.3, -0.25) is 10.1 Å². The zero-order valence-electron chi connectivity index (χ0n) is 16.4. The Labute approximate surface area is 185 Å². The summed E-state index contributed by atoms with van der Waals surface area (Å²) in [6.45, 7) is 0. The van der Waals surface area contributed by atoms with E-state index in [1.54, 1.807) is 24.4 Å². The number of hydrogen-bond acceptors (Lipinski definition) is 7. The van der Waals surface area contributed by atoms with Crippen molar-refractivity contribution in [1.29, 1.82) is 10.5 Å². The van der Waals surface area contributed by atoms with Crippen LogP contribution in [0.25, 0.3) is 0 Å². The van der Waals surface area contributed by atoms with Crippen molar-refractivity contribution in [2.75, 3.05) is 17.8 Å². The lowest BCUT2D eigenvalue weighted by Crippen LogP contribution is -2.55. The van der Waals surface area contributed by atoms with Crippen LogP contribution >= 0.6 is 23.5 Å². The second kappa shape index (κ2) is 11.1. The molecule has 1 unspecified atom stereocenters. The third-order valence-corrected chi connectivity index (χ3v) is 9.13. The number of thioether (sulfide) groups is 2. The van der Waals surface area contributed by atoms with Crippen LogP contribution in [0, 0.1) is 22.8 Å². The fourth-order valence-corrected chi connectivity index (χ4v) is 7.60. The van der Waals surface area contributed by atoms with Crippen LogP contribution in [0.4, 0.5) is 0 Å². The average Bonchev–Trinajstić information content (AvgIpc) is 2.73. The van der Waals surface area contributed by atoms with Crippen LogP contribution in [0.1, 0.15) is 16.7 Å². The van der Waals surface area contributed by atoms with Gasteiger partial charge in [0, 0.05) is 29.3 Å². The highest BCUT2D eigenvalue weighted by Crippen LogP contribution is 2.30. The smallest absolute Gasteiger partial charge is 0.256 e. The molecule has 2 aromatic rings. The third-order valence-electron chi connectivity index (χ3n) is 4.40. The van der Waals surface area contributed by atoms with Gasteiger partial charge in [0.1, 0.15) is 0 Å². The Hall–Kier alpha value is -2.46. The van der Waals surface area contributed by atoms with E-state index in [4.69, 9.17) is 10.5 Å². The van der Waals surface area contributed by atoms with Gasteiger partial charge >= 0.3 is 0 Å². The zero-order chi connectivity index (χ0) is 22.0. The normalized spacial score (nSPS) is 12.9. The molecule has 30 heavy (non-hydrogen) atoms. The van der Waals surface area contributed by atoms with Gasteiger partial charge in [-0.15, -0.1) is 0 Å². The van der Waals surface area contributed by atoms with E-state index < -0.39 is 20.5 Å². The second-order valence-electron chi connectivity index (χ2n) is 6.62. The van der Waals surface area contributed by atoms with Gasteiger partial charge in [0.15, 0.2) is 20.8 Å². The number of sulfone groups is 1. The number of carbonyl (C=O) groups excluding carboxylic acids is 1. The van der Waals surface area contributed by atoms with E-state index in [1.807, 2.05) is 41.7 Å². The van der Waals surface area contributed by atoms with E-state index in [9.17, 15) is 13.2 Å². The molecule has 0 fully saturated rings. The molecule has 0 aliphatic rings. The number of rotatable bonds is 10. The minimum Gasteiger partial charge on any atom is -0.272 e. The number of nitrogens with one attached hydrogen (secondary N) is 1. The zero-order valence-corrected chi connectivity index (χ0v) is 18.8. The molecule has 1 amide bonds. The van der Waals surface area contributed by atoms with E-state index in [0.29, 0.717) is 17.1 Å². The summed E-state index contributed by atoms with van der Waals surface area (Å²) in [5.74, 6) is 0.201. The first-order valence-corrected chi connectivity index (χ1v) is 13.1. The van der Waals surface area contributed by atoms with Crippen LogP contribution in [-0.4, -0.2) is 36.8 Å². The maximum absolute atomic E-state index is 12.7. The van der Waals surface area contributed by atoms with Crippen molar-refractivity contribution in [3.05, 3.63) is 71.3 Å². The second-order valence-corrected chi connectivity index (χ2v) is 10.9. The standard InChI is InChI=1S/C21H21N3O3S3/c1-30(26,27)21(20(25)24-16-23,14-28-12-17-6-3-2-4-7-17)15-29-13-19-9-5-8-18(10-19)11-22/h2-10H,12-15H2,1H3,(H,24,25). The molecular weight excluding hydrogens is 438 g/mol. The monoisotopic (exact) mass is 459 g/mol. The minimum absolute atomic E-state index is 0.00207. The fourth-order valence-electron chi connectivity index (χ4n) is 2.69. The molecule has 1 atom stereocenters. The first-order valence-electron chi connectivity index (χ1n) is 8.90. The molecule has 0 spiro atoms. The van der Waals surface area contributed by atoms with Gasteiger partial charge in [-0.1, -0.05) is 42.5 Å². The number of nitriles is 2. The van der Waals surface area contributed by atoms with E-state index in [1.165, 1.54) is 23.5 Å². The Bertz CT molecular complexity index is 1060. The number of nitrogens with zero attached hydrogens (tertiary/aromatic N) is 2. The predicted molar refractivity (Wildman–Crippen MR) is 121 cm³/mol. The molecule has 2 rings (SSSR count). The molecule has 9 heteroatoms. The molecule has 0 bridgehead atoms. The number of carbonyl (C=O) groups is 1. The maximum Gasteiger partial charge on any atom is 0.256 e. The fraction of sp³-hybridized carbons (Fsp3) is 0.286. The van der Waals surface area contributed by atoms with Crippen molar-refractivity contribution in [2.24, 2.45) is 0 Å². The highest BCUT2D eigenvalue weighted by atomic mass is 32.2. The van der Waals surface area contributed by atoms with E-state index >= 15 is 0 Å². The first-order chi connectivity index (χ1) is 14.3. The molecule has 2 aromatic carbocycles. The molecule has 0 aromatic heterocycles. The summed E-state index contributed by atoms with van der Waals surface area (Å²) < 4.78 is 23.7. The van der Waals surface area contributed by atoms with Crippen LogP contribution in [0.15, 0.2) is 54.6 Å². The Morgan fingerprint density at radius 3 is 2.17 bits per heavy atom. The molecule has 0 radical (unpaired) electrons. The Morgan fingerprint density at radius 2 is 1.60 bits per heavy atom. The SMILES string of the molecule is CS(=O)(=O)C(CSCc1ccccc1)(CSCc1cccc(C#N)c1)C(=O)NC#N. The lowest BCUT2D eigenvalue weighted by molar-refractivity contribution is -0.121. The van der Waals surface area contributed by atoms with E-state index in [2.05, 4.69) is 6.07 Å². The molecule has 6 nitrogen and oxygen atoms in total. The highest BCUT2D eigenvalue weighted by molar-refractivity contribution is 8.02. The van der Waals surface area contributed by atoms with Gasteiger partial charge in [-0.05, 0) is 23.3 Å². The van der Waals surface area contributed by atoms with Crippen LogP contribution in [0.5, 0.6) is 0 Å². The average molecular weight is 460 g/mol. The van der Waals surface area contributed by atoms with Gasteiger partial charge in [0.2, 0.25) is 0 Å². The highest BCUT2D eigenvalue weighted by Gasteiger charge is 2.48. The van der Waals surface area contributed by atoms with Crippen LogP contribution in [-0.2, 0) is 26.1 Å². The van der Waals surface area contributed by atoms with Crippen LogP contribution in [0.3, 0.4) is 0 Å². The third kappa shape index (κ3) is 6.27. The van der Waals surface area contributed by atoms with Crippen LogP contribution < -0.4 is 5.32 Å². The lowest BCUT2D eigenvalue weighted by Gasteiger charge is -2.29. The van der Waals surface area contributed by atoms with Crippen molar-refractivity contribution in [1.82, 2.24) is 5.32 Å². The van der Waals surface area contributed by atoms with Gasteiger partial charge < -0.3 is 0 Å². The topological polar surface area (TPSA) is 111 Å². The summed E-state index contributed by atoms with van der Waals surface area (Å²) in [4.78, 5) is 12.7. The Balaban J connectivity index is 2.19. The number of amides is 1.